The predicted molar refractivity (Wildman–Crippen MR) is 98.0 cm³/mol. The lowest BCUT2D eigenvalue weighted by Crippen LogP contribution is -2.32. The fraction of sp³-hybridized carbons (Fsp3) is 0.368. The van der Waals surface area contributed by atoms with Gasteiger partial charge in [-0.15, -0.1) is 24.5 Å². The molecule has 0 amide bonds. The van der Waals surface area contributed by atoms with E-state index in [1.54, 1.807) is 23.5 Å². The van der Waals surface area contributed by atoms with E-state index in [1.807, 2.05) is 17.5 Å². The number of hydrogen-bond acceptors (Lipinski definition) is 6. The second kappa shape index (κ2) is 7.92. The number of ether oxygens (including phenoxy) is 1. The van der Waals surface area contributed by atoms with Crippen LogP contribution in [0.2, 0.25) is 0 Å². The van der Waals surface area contributed by atoms with Crippen molar-refractivity contribution >= 4 is 11.3 Å². The molecule has 1 fully saturated rings. The van der Waals surface area contributed by atoms with Gasteiger partial charge in [-0.1, -0.05) is 23.4 Å². The summed E-state index contributed by atoms with van der Waals surface area (Å²) in [4.78, 5) is 7.79. The van der Waals surface area contributed by atoms with Gasteiger partial charge in [-0.25, -0.2) is 0 Å². The van der Waals surface area contributed by atoms with E-state index in [2.05, 4.69) is 19.8 Å². The Hall–Kier alpha value is -2.39. The van der Waals surface area contributed by atoms with Gasteiger partial charge in [-0.2, -0.15) is 4.98 Å². The van der Waals surface area contributed by atoms with Crippen molar-refractivity contribution in [2.45, 2.75) is 31.7 Å². The molecule has 148 valence electrons. The molecule has 5 nitrogen and oxygen atoms in total. The summed E-state index contributed by atoms with van der Waals surface area (Å²) in [5.74, 6) is 1.35. The van der Waals surface area contributed by atoms with Gasteiger partial charge in [0, 0.05) is 12.5 Å². The van der Waals surface area contributed by atoms with Crippen LogP contribution in [0.15, 0.2) is 46.3 Å². The van der Waals surface area contributed by atoms with Gasteiger partial charge in [0.25, 0.3) is 0 Å². The van der Waals surface area contributed by atoms with Crippen LogP contribution in [0, 0.1) is 0 Å². The van der Waals surface area contributed by atoms with Gasteiger partial charge in [0.05, 0.1) is 4.88 Å². The Kier molecular flexibility index (Phi) is 5.36. The number of nitrogens with zero attached hydrogens (tertiary/aromatic N) is 3. The smallest absolute Gasteiger partial charge is 0.406 e. The fourth-order valence-electron chi connectivity index (χ4n) is 3.30. The average Bonchev–Trinajstić information content (AvgIpc) is 3.34. The van der Waals surface area contributed by atoms with Crippen LogP contribution in [0.3, 0.4) is 0 Å². The first kappa shape index (κ1) is 18.9. The summed E-state index contributed by atoms with van der Waals surface area (Å²) in [7, 11) is 0. The maximum absolute atomic E-state index is 12.2. The molecule has 0 bridgehead atoms. The number of aromatic nitrogens is 2. The average molecular weight is 409 g/mol. The Morgan fingerprint density at radius 1 is 1.14 bits per heavy atom. The third-order valence-electron chi connectivity index (χ3n) is 4.68. The minimum atomic E-state index is -4.67. The van der Waals surface area contributed by atoms with Gasteiger partial charge < -0.3 is 9.26 Å². The maximum atomic E-state index is 12.2. The van der Waals surface area contributed by atoms with Crippen molar-refractivity contribution in [3.63, 3.8) is 0 Å². The molecule has 1 aliphatic rings. The van der Waals surface area contributed by atoms with E-state index in [1.165, 1.54) is 12.1 Å². The van der Waals surface area contributed by atoms with E-state index in [4.69, 9.17) is 4.52 Å². The monoisotopic (exact) mass is 409 g/mol. The second-order valence-corrected chi connectivity index (χ2v) is 7.62. The molecule has 0 unspecified atom stereocenters. The minimum absolute atomic E-state index is 0.201. The summed E-state index contributed by atoms with van der Waals surface area (Å²) in [6.07, 6.45) is -2.86. The molecule has 4 rings (SSSR count). The molecule has 1 aliphatic heterocycles. The predicted octanol–water partition coefficient (Wildman–Crippen LogP) is 5.08. The van der Waals surface area contributed by atoms with Crippen LogP contribution in [-0.2, 0) is 6.54 Å². The number of likely N-dealkylation sites (tertiary alicyclic amines) is 1. The molecule has 28 heavy (non-hydrogen) atoms. The highest BCUT2D eigenvalue weighted by Crippen LogP contribution is 2.30. The molecule has 0 spiro atoms. The summed E-state index contributed by atoms with van der Waals surface area (Å²) in [5, 5.41) is 6.05. The van der Waals surface area contributed by atoms with E-state index in [-0.39, 0.29) is 11.7 Å². The van der Waals surface area contributed by atoms with Crippen LogP contribution in [-0.4, -0.2) is 34.5 Å². The van der Waals surface area contributed by atoms with Crippen LogP contribution in [0.25, 0.3) is 10.7 Å². The molecule has 0 radical (unpaired) electrons. The highest BCUT2D eigenvalue weighted by molar-refractivity contribution is 7.13. The zero-order chi connectivity index (χ0) is 19.6. The fourth-order valence-corrected chi connectivity index (χ4v) is 3.95. The molecule has 0 aliphatic carbocycles. The van der Waals surface area contributed by atoms with E-state index in [0.717, 1.165) is 36.4 Å². The largest absolute Gasteiger partial charge is 0.573 e. The zero-order valence-corrected chi connectivity index (χ0v) is 15.7. The normalized spacial score (nSPS) is 16.4. The topological polar surface area (TPSA) is 51.4 Å². The summed E-state index contributed by atoms with van der Waals surface area (Å²) >= 11 is 1.58. The van der Waals surface area contributed by atoms with Gasteiger partial charge in [-0.05, 0) is 55.1 Å². The molecular weight excluding hydrogens is 391 g/mol. The van der Waals surface area contributed by atoms with Crippen molar-refractivity contribution in [3.8, 4) is 16.5 Å². The third-order valence-corrected chi connectivity index (χ3v) is 5.55. The molecular formula is C19H18F3N3O2S. The van der Waals surface area contributed by atoms with Gasteiger partial charge in [0.2, 0.25) is 11.7 Å². The SMILES string of the molecule is FC(F)(F)Oc1ccc(CN2CCC(c3nc(-c4cccs4)no3)CC2)cc1. The maximum Gasteiger partial charge on any atom is 0.573 e. The lowest BCUT2D eigenvalue weighted by Gasteiger charge is -2.30. The molecule has 1 saturated heterocycles. The van der Waals surface area contributed by atoms with E-state index < -0.39 is 6.36 Å². The first-order valence-corrected chi connectivity index (χ1v) is 9.79. The lowest BCUT2D eigenvalue weighted by molar-refractivity contribution is -0.274. The Labute approximate surface area is 163 Å². The number of alkyl halides is 3. The van der Waals surface area contributed by atoms with Gasteiger partial charge >= 0.3 is 6.36 Å². The minimum Gasteiger partial charge on any atom is -0.406 e. The summed E-state index contributed by atoms with van der Waals surface area (Å²) in [5.41, 5.74) is 0.950. The number of piperidine rings is 1. The molecule has 2 aromatic heterocycles. The third kappa shape index (κ3) is 4.71. The molecule has 1 aromatic carbocycles. The lowest BCUT2D eigenvalue weighted by atomic mass is 9.96. The highest BCUT2D eigenvalue weighted by atomic mass is 32.1. The van der Waals surface area contributed by atoms with E-state index >= 15 is 0 Å². The van der Waals surface area contributed by atoms with Crippen molar-refractivity contribution in [3.05, 3.63) is 53.2 Å². The van der Waals surface area contributed by atoms with Crippen LogP contribution in [0.5, 0.6) is 5.75 Å². The van der Waals surface area contributed by atoms with Gasteiger partial charge in [0.15, 0.2) is 0 Å². The first-order chi connectivity index (χ1) is 13.5. The Morgan fingerprint density at radius 3 is 2.54 bits per heavy atom. The number of halogens is 3. The standard InChI is InChI=1S/C19H18F3N3O2S/c20-19(21,22)26-15-5-3-13(4-6-15)12-25-9-7-14(8-10-25)18-23-17(24-27-18)16-2-1-11-28-16/h1-6,11,14H,7-10,12H2. The second-order valence-electron chi connectivity index (χ2n) is 6.68. The van der Waals surface area contributed by atoms with E-state index in [9.17, 15) is 13.2 Å². The highest BCUT2D eigenvalue weighted by Gasteiger charge is 2.31. The van der Waals surface area contributed by atoms with Crippen molar-refractivity contribution in [2.75, 3.05) is 13.1 Å². The molecule has 3 heterocycles. The molecule has 3 aromatic rings. The number of rotatable bonds is 5. The van der Waals surface area contributed by atoms with Crippen molar-refractivity contribution in [2.24, 2.45) is 0 Å². The van der Waals surface area contributed by atoms with Crippen LogP contribution < -0.4 is 4.74 Å². The van der Waals surface area contributed by atoms with Gasteiger partial charge in [-0.3, -0.25) is 4.90 Å². The first-order valence-electron chi connectivity index (χ1n) is 8.91. The van der Waals surface area contributed by atoms with Crippen molar-refractivity contribution < 1.29 is 22.4 Å². The zero-order valence-electron chi connectivity index (χ0n) is 14.9. The molecule has 0 atom stereocenters. The molecule has 9 heteroatoms. The summed E-state index contributed by atoms with van der Waals surface area (Å²) in [6.45, 7) is 2.41. The Balaban J connectivity index is 1.30. The molecule has 0 saturated carbocycles. The van der Waals surface area contributed by atoms with Gasteiger partial charge in [0.1, 0.15) is 5.75 Å². The quantitative estimate of drug-likeness (QED) is 0.588. The number of thiophene rings is 1. The van der Waals surface area contributed by atoms with Crippen LogP contribution in [0.1, 0.15) is 30.2 Å². The Bertz CT molecular complexity index is 886. The Morgan fingerprint density at radius 2 is 1.89 bits per heavy atom. The summed E-state index contributed by atoms with van der Waals surface area (Å²) in [6, 6.07) is 9.94. The number of benzene rings is 1. The summed E-state index contributed by atoms with van der Waals surface area (Å²) < 4.78 is 46.0. The van der Waals surface area contributed by atoms with Crippen LogP contribution in [0.4, 0.5) is 13.2 Å². The van der Waals surface area contributed by atoms with Crippen LogP contribution >= 0.6 is 11.3 Å². The molecule has 0 N–H and O–H groups in total. The number of hydrogen-bond donors (Lipinski definition) is 0. The van der Waals surface area contributed by atoms with E-state index in [0.29, 0.717) is 18.3 Å². The van der Waals surface area contributed by atoms with Crippen molar-refractivity contribution in [1.29, 1.82) is 0 Å². The van der Waals surface area contributed by atoms with Crippen molar-refractivity contribution in [1.82, 2.24) is 15.0 Å².